The number of benzene rings is 1. The van der Waals surface area contributed by atoms with Crippen LogP contribution in [0, 0.1) is 11.8 Å². The summed E-state index contributed by atoms with van der Waals surface area (Å²) in [4.78, 5) is 20.5. The molecule has 3 rings (SSSR count). The minimum Gasteiger partial charge on any atom is -0.338 e. The Hall–Kier alpha value is -1.81. The van der Waals surface area contributed by atoms with Crippen LogP contribution in [0.3, 0.4) is 0 Å². The normalized spacial score (nSPS) is 21.2. The Morgan fingerprint density at radius 1 is 1.09 bits per heavy atom. The summed E-state index contributed by atoms with van der Waals surface area (Å²) in [6.45, 7) is 6.12. The highest BCUT2D eigenvalue weighted by atomic mass is 32.2. The Morgan fingerprint density at radius 3 is 2.48 bits per heavy atom. The molecule has 0 bridgehead atoms. The van der Waals surface area contributed by atoms with Crippen molar-refractivity contribution >= 4 is 17.7 Å². The number of nitrogens with zero attached hydrogens (tertiary/aromatic N) is 2. The second-order valence-corrected chi connectivity index (χ2v) is 7.49. The summed E-state index contributed by atoms with van der Waals surface area (Å²) in [6, 6.07) is 13.8. The maximum absolute atomic E-state index is 13.0. The molecule has 1 aromatic heterocycles. The molecule has 0 radical (unpaired) electrons. The second-order valence-electron chi connectivity index (χ2n) is 6.43. The molecule has 1 saturated heterocycles. The van der Waals surface area contributed by atoms with Gasteiger partial charge in [0.15, 0.2) is 0 Å². The Bertz CT molecular complexity index is 664. The Labute approximate surface area is 142 Å². The van der Waals surface area contributed by atoms with Gasteiger partial charge in [-0.15, -0.1) is 0 Å². The molecule has 1 amide bonds. The van der Waals surface area contributed by atoms with Crippen LogP contribution in [-0.2, 0) is 0 Å². The average Bonchev–Trinajstić information content (AvgIpc) is 2.55. The van der Waals surface area contributed by atoms with Gasteiger partial charge in [0.1, 0.15) is 5.03 Å². The monoisotopic (exact) mass is 326 g/mol. The average molecular weight is 326 g/mol. The predicted molar refractivity (Wildman–Crippen MR) is 93.7 cm³/mol. The molecule has 4 heteroatoms. The Kier molecular flexibility index (Phi) is 5.01. The topological polar surface area (TPSA) is 33.2 Å². The van der Waals surface area contributed by atoms with Crippen LogP contribution in [0.15, 0.2) is 58.6 Å². The van der Waals surface area contributed by atoms with Crippen LogP contribution in [0.4, 0.5) is 0 Å². The van der Waals surface area contributed by atoms with Gasteiger partial charge in [0.2, 0.25) is 0 Å². The van der Waals surface area contributed by atoms with Crippen molar-refractivity contribution in [1.82, 2.24) is 9.88 Å². The molecule has 3 nitrogen and oxygen atoms in total. The largest absolute Gasteiger partial charge is 0.338 e. The first-order valence-corrected chi connectivity index (χ1v) is 8.92. The number of likely N-dealkylation sites (tertiary alicyclic amines) is 1. The third-order valence-electron chi connectivity index (χ3n) is 4.12. The number of hydrogen-bond acceptors (Lipinski definition) is 3. The van der Waals surface area contributed by atoms with Crippen molar-refractivity contribution in [2.75, 3.05) is 13.1 Å². The number of rotatable bonds is 3. The lowest BCUT2D eigenvalue weighted by Gasteiger charge is -2.35. The van der Waals surface area contributed by atoms with Crippen molar-refractivity contribution in [3.05, 3.63) is 54.2 Å². The van der Waals surface area contributed by atoms with E-state index in [1.807, 2.05) is 47.4 Å². The van der Waals surface area contributed by atoms with Crippen LogP contribution in [0.1, 0.15) is 30.6 Å². The molecule has 23 heavy (non-hydrogen) atoms. The molecule has 1 aromatic carbocycles. The number of piperidine rings is 1. The summed E-state index contributed by atoms with van der Waals surface area (Å²) in [6.07, 6.45) is 2.95. The van der Waals surface area contributed by atoms with Gasteiger partial charge in [-0.05, 0) is 42.5 Å². The maximum atomic E-state index is 13.0. The van der Waals surface area contributed by atoms with Crippen LogP contribution in [0.2, 0.25) is 0 Å². The first kappa shape index (κ1) is 16.1. The lowest BCUT2D eigenvalue weighted by molar-refractivity contribution is 0.0619. The van der Waals surface area contributed by atoms with E-state index >= 15 is 0 Å². The van der Waals surface area contributed by atoms with E-state index in [9.17, 15) is 4.79 Å². The van der Waals surface area contributed by atoms with Crippen LogP contribution in [-0.4, -0.2) is 28.9 Å². The highest BCUT2D eigenvalue weighted by Crippen LogP contribution is 2.30. The second kappa shape index (κ2) is 7.18. The van der Waals surface area contributed by atoms with Gasteiger partial charge >= 0.3 is 0 Å². The van der Waals surface area contributed by atoms with Crippen molar-refractivity contribution in [3.8, 4) is 0 Å². The molecule has 1 aliphatic heterocycles. The number of aromatic nitrogens is 1. The summed E-state index contributed by atoms with van der Waals surface area (Å²) in [5.41, 5.74) is 0.711. The number of carbonyl (C=O) groups is 1. The molecule has 120 valence electrons. The summed E-state index contributed by atoms with van der Waals surface area (Å²) in [5, 5.41) is 0.787. The molecule has 1 aliphatic rings. The minimum absolute atomic E-state index is 0.106. The number of carbonyl (C=O) groups excluding carboxylic acids is 1. The van der Waals surface area contributed by atoms with E-state index in [1.54, 1.807) is 18.0 Å². The Morgan fingerprint density at radius 2 is 1.78 bits per heavy atom. The first-order chi connectivity index (χ1) is 11.1. The highest BCUT2D eigenvalue weighted by molar-refractivity contribution is 7.99. The van der Waals surface area contributed by atoms with E-state index in [1.165, 1.54) is 6.42 Å². The minimum atomic E-state index is 0.106. The van der Waals surface area contributed by atoms with E-state index in [-0.39, 0.29) is 5.91 Å². The van der Waals surface area contributed by atoms with Crippen molar-refractivity contribution in [3.63, 3.8) is 0 Å². The van der Waals surface area contributed by atoms with Crippen molar-refractivity contribution in [2.24, 2.45) is 11.8 Å². The molecule has 2 atom stereocenters. The van der Waals surface area contributed by atoms with E-state index in [2.05, 4.69) is 18.8 Å². The molecule has 0 unspecified atom stereocenters. The lowest BCUT2D eigenvalue weighted by atomic mass is 9.91. The first-order valence-electron chi connectivity index (χ1n) is 8.10. The molecular weight excluding hydrogens is 304 g/mol. The predicted octanol–water partition coefficient (Wildman–Crippen LogP) is 4.35. The fraction of sp³-hybridized carbons (Fsp3) is 0.368. The van der Waals surface area contributed by atoms with Crippen LogP contribution in [0.5, 0.6) is 0 Å². The zero-order valence-corrected chi connectivity index (χ0v) is 14.4. The SMILES string of the molecule is C[C@@H]1C[C@H](C)CN(C(=O)c2cccnc2Sc2ccccc2)C1. The van der Waals surface area contributed by atoms with Gasteiger partial charge in [0.25, 0.3) is 5.91 Å². The van der Waals surface area contributed by atoms with Crippen molar-refractivity contribution in [2.45, 2.75) is 30.2 Å². The molecular formula is C19H22N2OS. The number of amides is 1. The van der Waals surface area contributed by atoms with E-state index < -0.39 is 0 Å². The van der Waals surface area contributed by atoms with Gasteiger partial charge in [0.05, 0.1) is 5.56 Å². The summed E-state index contributed by atoms with van der Waals surface area (Å²) < 4.78 is 0. The third kappa shape index (κ3) is 3.94. The van der Waals surface area contributed by atoms with Crippen molar-refractivity contribution < 1.29 is 4.79 Å². The molecule has 0 N–H and O–H groups in total. The summed E-state index contributed by atoms with van der Waals surface area (Å²) in [7, 11) is 0. The molecule has 0 spiro atoms. The summed E-state index contributed by atoms with van der Waals surface area (Å²) >= 11 is 1.55. The van der Waals surface area contributed by atoms with Gasteiger partial charge in [-0.1, -0.05) is 43.8 Å². The zero-order valence-electron chi connectivity index (χ0n) is 13.6. The number of hydrogen-bond donors (Lipinski definition) is 0. The third-order valence-corrected chi connectivity index (χ3v) is 5.14. The van der Waals surface area contributed by atoms with Gasteiger partial charge in [-0.2, -0.15) is 0 Å². The van der Waals surface area contributed by atoms with Crippen molar-refractivity contribution in [1.29, 1.82) is 0 Å². The highest BCUT2D eigenvalue weighted by Gasteiger charge is 2.27. The van der Waals surface area contributed by atoms with Crippen LogP contribution >= 0.6 is 11.8 Å². The van der Waals surface area contributed by atoms with E-state index in [0.29, 0.717) is 17.4 Å². The van der Waals surface area contributed by atoms with Gasteiger partial charge in [0, 0.05) is 24.2 Å². The number of pyridine rings is 1. The fourth-order valence-corrected chi connectivity index (χ4v) is 4.13. The maximum Gasteiger partial charge on any atom is 0.256 e. The Balaban J connectivity index is 1.83. The summed E-state index contributed by atoms with van der Waals surface area (Å²) in [5.74, 6) is 1.23. The molecule has 0 aliphatic carbocycles. The quantitative estimate of drug-likeness (QED) is 0.840. The molecule has 2 aromatic rings. The lowest BCUT2D eigenvalue weighted by Crippen LogP contribution is -2.42. The van der Waals surface area contributed by atoms with Crippen LogP contribution < -0.4 is 0 Å². The smallest absolute Gasteiger partial charge is 0.256 e. The van der Waals surface area contributed by atoms with Gasteiger partial charge < -0.3 is 4.90 Å². The molecule has 1 fully saturated rings. The molecule has 2 heterocycles. The van der Waals surface area contributed by atoms with Gasteiger partial charge in [-0.3, -0.25) is 4.79 Å². The standard InChI is InChI=1S/C19H22N2OS/c1-14-11-15(2)13-21(12-14)19(22)17-9-6-10-20-18(17)23-16-7-4-3-5-8-16/h3-10,14-15H,11-13H2,1-2H3/t14-,15+. The van der Waals surface area contributed by atoms with E-state index in [4.69, 9.17) is 0 Å². The van der Waals surface area contributed by atoms with Gasteiger partial charge in [-0.25, -0.2) is 4.98 Å². The molecule has 0 saturated carbocycles. The zero-order chi connectivity index (χ0) is 16.2. The van der Waals surface area contributed by atoms with E-state index in [0.717, 1.165) is 23.0 Å². The fourth-order valence-electron chi connectivity index (χ4n) is 3.23. The van der Waals surface area contributed by atoms with Crippen LogP contribution in [0.25, 0.3) is 0 Å².